The fraction of sp³-hybridized carbons (Fsp3) is 0.453. The average Bonchev–Trinajstić information content (AvgIpc) is 3.86. The monoisotopic (exact) mass is 1120 g/mol. The molecule has 0 spiro atoms. The van der Waals surface area contributed by atoms with Gasteiger partial charge in [-0.1, -0.05) is 80.4 Å². The second kappa shape index (κ2) is 31.6. The van der Waals surface area contributed by atoms with Crippen molar-refractivity contribution >= 4 is 86.8 Å². The number of alkyl halides is 3. The van der Waals surface area contributed by atoms with E-state index in [0.29, 0.717) is 24.0 Å². The van der Waals surface area contributed by atoms with Gasteiger partial charge in [0.2, 0.25) is 53.2 Å². The summed E-state index contributed by atoms with van der Waals surface area (Å²) in [5, 5.41) is 31.3. The molecule has 6 atom stereocenters. The third-order valence-electron chi connectivity index (χ3n) is 12.6. The van der Waals surface area contributed by atoms with E-state index >= 15 is 0 Å². The summed E-state index contributed by atoms with van der Waals surface area (Å²) in [7, 11) is 0. The first-order valence-electron chi connectivity index (χ1n) is 25.9. The lowest BCUT2D eigenvalue weighted by molar-refractivity contribution is -0.192. The van der Waals surface area contributed by atoms with Gasteiger partial charge < -0.3 is 69.8 Å². The second-order valence-corrected chi connectivity index (χ2v) is 19.0. The molecule has 1 aromatic heterocycles. The Morgan fingerprint density at radius 2 is 1.41 bits per heavy atom. The highest BCUT2D eigenvalue weighted by Gasteiger charge is 2.38. The molecule has 80 heavy (non-hydrogen) atoms. The molecular formula is C53H70F3N13O11. The maximum Gasteiger partial charge on any atom is 0.490 e. The van der Waals surface area contributed by atoms with Gasteiger partial charge in [-0.2, -0.15) is 13.2 Å². The van der Waals surface area contributed by atoms with Crippen molar-refractivity contribution in [2.45, 2.75) is 133 Å². The zero-order valence-electron chi connectivity index (χ0n) is 44.3. The van der Waals surface area contributed by atoms with Gasteiger partial charge in [-0.25, -0.2) is 4.79 Å². The zero-order chi connectivity index (χ0) is 58.9. The van der Waals surface area contributed by atoms with E-state index in [2.05, 4.69) is 52.5 Å². The SMILES string of the molecule is CCCC[C@H](NC(C)=O)C(=O)NC1CC(=O)NCCCCC(C(N)=O)NC(=O)[C@H](Cc2c[nH]c3ccccc23)NC(=O)C(CCCN=C(N)N)NC(=O)C(Cc2ccc3ccccc3c2)NC(=O)CCNC1=O.O=C(O)C(F)(F)F. The molecule has 1 saturated heterocycles. The molecule has 0 radical (unpaired) electrons. The number of nitrogens with two attached hydrogens (primary N) is 3. The number of primary amides is 1. The maximum absolute atomic E-state index is 14.5. The van der Waals surface area contributed by atoms with Crippen LogP contribution >= 0.6 is 0 Å². The second-order valence-electron chi connectivity index (χ2n) is 19.0. The van der Waals surface area contributed by atoms with Gasteiger partial charge in [0, 0.05) is 62.9 Å². The Morgan fingerprint density at radius 1 is 0.762 bits per heavy atom. The van der Waals surface area contributed by atoms with Crippen LogP contribution in [0.25, 0.3) is 21.7 Å². The van der Waals surface area contributed by atoms with Gasteiger partial charge in [0.15, 0.2) is 5.96 Å². The summed E-state index contributed by atoms with van der Waals surface area (Å²) in [6.07, 6.45) is -1.87. The average molecular weight is 1120 g/mol. The van der Waals surface area contributed by atoms with Crippen LogP contribution in [0.5, 0.6) is 0 Å². The molecule has 3 aromatic carbocycles. The van der Waals surface area contributed by atoms with Crippen molar-refractivity contribution in [3.8, 4) is 0 Å². The van der Waals surface area contributed by atoms with Crippen LogP contribution in [0, 0.1) is 0 Å². The predicted molar refractivity (Wildman–Crippen MR) is 288 cm³/mol. The Labute approximate surface area is 458 Å². The number of amides is 9. The van der Waals surface area contributed by atoms with Gasteiger partial charge in [-0.3, -0.25) is 48.1 Å². The molecule has 0 saturated carbocycles. The number of hydrogen-bond donors (Lipinski definition) is 13. The topological polar surface area (TPSA) is 393 Å². The van der Waals surface area contributed by atoms with E-state index in [4.69, 9.17) is 27.1 Å². The minimum absolute atomic E-state index is 0.0131. The molecule has 4 aromatic rings. The third-order valence-corrected chi connectivity index (χ3v) is 12.6. The number of rotatable bonds is 15. The Hall–Kier alpha value is -8.78. The number of aromatic nitrogens is 1. The molecule has 4 unspecified atom stereocenters. The molecule has 2 heterocycles. The molecule has 1 aliphatic rings. The number of nitrogens with one attached hydrogen (secondary N) is 9. The smallest absolute Gasteiger partial charge is 0.475 e. The molecule has 9 amide bonds. The number of halogens is 3. The summed E-state index contributed by atoms with van der Waals surface area (Å²) in [6, 6.07) is 13.0. The van der Waals surface area contributed by atoms with Gasteiger partial charge in [-0.05, 0) is 66.5 Å². The fourth-order valence-corrected chi connectivity index (χ4v) is 8.47. The van der Waals surface area contributed by atoms with E-state index in [1.54, 1.807) is 6.20 Å². The highest BCUT2D eigenvalue weighted by atomic mass is 19.4. The molecule has 1 fully saturated rings. The Balaban J connectivity index is 0.00000184. The lowest BCUT2D eigenvalue weighted by Crippen LogP contribution is -2.59. The van der Waals surface area contributed by atoms with E-state index in [9.17, 15) is 56.3 Å². The standard InChI is InChI=1S/C51H69N13O9.C2HF3O2/c1-3-4-15-38(59-30(2)65)47(70)64-42-28-44(67)55-22-10-9-17-37(45(52)68)61-50(73)41(27-34-29-58-36-16-8-7-14-35(34)36)63-48(71)39(18-11-23-57-51(53)54)62-49(72)40(60-43(66)21-24-56-46(42)69)26-31-19-20-32-12-5-6-13-33(32)25-31;3-2(4,5)1(6)7/h5-8,12-14,16,19-20,25,29,37-42,58H,3-4,9-11,15,17-18,21-24,26-28H2,1-2H3,(H2,52,68)(H,55,67)(H,56,69)(H,59,65)(H,60,66)(H,61,73)(H,62,72)(H,63,71)(H,64,70)(H4,53,54,57);(H,6,7)/t37?,38-,39?,40?,41-,42?;/m0./s1. The van der Waals surface area contributed by atoms with Gasteiger partial charge >= 0.3 is 12.1 Å². The van der Waals surface area contributed by atoms with Crippen molar-refractivity contribution in [3.63, 3.8) is 0 Å². The Kier molecular flexibility index (Phi) is 25.2. The van der Waals surface area contributed by atoms with Gasteiger partial charge in [0.1, 0.15) is 36.3 Å². The number of aliphatic carboxylic acids is 1. The van der Waals surface area contributed by atoms with Crippen LogP contribution in [0.1, 0.15) is 89.2 Å². The minimum Gasteiger partial charge on any atom is -0.475 e. The molecule has 27 heteroatoms. The van der Waals surface area contributed by atoms with Crippen molar-refractivity contribution in [2.24, 2.45) is 22.2 Å². The van der Waals surface area contributed by atoms with Crippen molar-refractivity contribution in [3.05, 3.63) is 84.1 Å². The number of aliphatic imine (C=N–C) groups is 1. The molecule has 0 bridgehead atoms. The normalized spacial score (nSPS) is 19.8. The van der Waals surface area contributed by atoms with Crippen molar-refractivity contribution < 1.29 is 66.2 Å². The number of fused-ring (bicyclic) bond motifs is 2. The highest BCUT2D eigenvalue weighted by Crippen LogP contribution is 2.21. The third kappa shape index (κ3) is 21.6. The van der Waals surface area contributed by atoms with Crippen molar-refractivity contribution in [1.82, 2.24) is 47.5 Å². The number of aromatic amines is 1. The van der Waals surface area contributed by atoms with Crippen LogP contribution in [0.15, 0.2) is 77.9 Å². The van der Waals surface area contributed by atoms with Crippen molar-refractivity contribution in [1.29, 1.82) is 0 Å². The Morgan fingerprint density at radius 3 is 2.09 bits per heavy atom. The zero-order valence-corrected chi connectivity index (χ0v) is 44.3. The number of carbonyl (C=O) groups excluding carboxylic acids is 9. The first-order chi connectivity index (χ1) is 37.9. The number of nitrogens with zero attached hydrogens (tertiary/aromatic N) is 1. The van der Waals surface area contributed by atoms with E-state index in [-0.39, 0.29) is 77.0 Å². The van der Waals surface area contributed by atoms with Crippen LogP contribution in [0.3, 0.4) is 0 Å². The van der Waals surface area contributed by atoms with Gasteiger partial charge in [0.25, 0.3) is 0 Å². The minimum atomic E-state index is -5.08. The number of unbranched alkanes of at least 4 members (excludes halogenated alkanes) is 1. The number of hydrogen-bond acceptors (Lipinski definition) is 11. The quantitative estimate of drug-likeness (QED) is 0.0441. The van der Waals surface area contributed by atoms with Gasteiger partial charge in [0.05, 0.1) is 6.42 Å². The van der Waals surface area contributed by atoms with E-state index in [1.807, 2.05) is 73.7 Å². The number of para-hydroxylation sites is 1. The maximum atomic E-state index is 14.5. The van der Waals surface area contributed by atoms with Gasteiger partial charge in [-0.15, -0.1) is 0 Å². The molecule has 434 valence electrons. The number of guanidine groups is 1. The van der Waals surface area contributed by atoms with E-state index in [0.717, 1.165) is 28.1 Å². The summed E-state index contributed by atoms with van der Waals surface area (Å²) in [5.74, 6) is -9.23. The summed E-state index contributed by atoms with van der Waals surface area (Å²) in [5.41, 5.74) is 19.1. The first-order valence-corrected chi connectivity index (χ1v) is 25.9. The Bertz CT molecular complexity index is 2860. The molecule has 5 rings (SSSR count). The number of benzene rings is 3. The van der Waals surface area contributed by atoms with Crippen molar-refractivity contribution in [2.75, 3.05) is 19.6 Å². The van der Waals surface area contributed by atoms with Crippen LogP contribution in [0.2, 0.25) is 0 Å². The fourth-order valence-electron chi connectivity index (χ4n) is 8.47. The summed E-state index contributed by atoms with van der Waals surface area (Å²) in [4.78, 5) is 139. The van der Waals surface area contributed by atoms with Crippen LogP contribution in [-0.4, -0.2) is 137 Å². The summed E-state index contributed by atoms with van der Waals surface area (Å²) >= 11 is 0. The number of H-pyrrole nitrogens is 1. The largest absolute Gasteiger partial charge is 0.490 e. The van der Waals surface area contributed by atoms with Crippen LogP contribution < -0.4 is 59.7 Å². The highest BCUT2D eigenvalue weighted by molar-refractivity contribution is 5.97. The molecule has 1 aliphatic heterocycles. The summed E-state index contributed by atoms with van der Waals surface area (Å²) < 4.78 is 31.7. The lowest BCUT2D eigenvalue weighted by Gasteiger charge is -2.26. The molecule has 0 aliphatic carbocycles. The van der Waals surface area contributed by atoms with Crippen LogP contribution in [0.4, 0.5) is 13.2 Å². The summed E-state index contributed by atoms with van der Waals surface area (Å²) in [6.45, 7) is 3.07. The molecule has 16 N–H and O–H groups in total. The lowest BCUT2D eigenvalue weighted by atomic mass is 10.00. The molecular weight excluding hydrogens is 1050 g/mol. The number of carboxylic acid groups (broad SMARTS) is 1. The van der Waals surface area contributed by atoms with E-state index in [1.165, 1.54) is 6.92 Å². The van der Waals surface area contributed by atoms with E-state index < -0.39 is 108 Å². The first kappa shape index (κ1) is 63.8. The predicted octanol–water partition coefficient (Wildman–Crippen LogP) is 0.594. The number of carbonyl (C=O) groups is 10. The molecule has 24 nitrogen and oxygen atoms in total. The number of carboxylic acids is 1. The van der Waals surface area contributed by atoms with Crippen LogP contribution in [-0.2, 0) is 60.8 Å².